The third kappa shape index (κ3) is 1.96. The van der Waals surface area contributed by atoms with E-state index in [1.807, 2.05) is 0 Å². The molecule has 0 aromatic heterocycles. The summed E-state index contributed by atoms with van der Waals surface area (Å²) in [6, 6.07) is 6.60. The zero-order valence-electron chi connectivity index (χ0n) is 11.3. The van der Waals surface area contributed by atoms with Crippen LogP contribution in [0.5, 0.6) is 0 Å². The summed E-state index contributed by atoms with van der Waals surface area (Å²) in [5.74, 6) is -0.170. The lowest BCUT2D eigenvalue weighted by Gasteiger charge is -2.30. The summed E-state index contributed by atoms with van der Waals surface area (Å²) < 4.78 is 0. The first-order valence-corrected chi connectivity index (χ1v) is 7.09. The van der Waals surface area contributed by atoms with Crippen molar-refractivity contribution in [3.05, 3.63) is 29.8 Å². The predicted molar refractivity (Wildman–Crippen MR) is 74.5 cm³/mol. The van der Waals surface area contributed by atoms with Crippen LogP contribution >= 0.6 is 0 Å². The van der Waals surface area contributed by atoms with Gasteiger partial charge in [-0.25, -0.2) is 0 Å². The molecule has 1 aliphatic carbocycles. The highest BCUT2D eigenvalue weighted by atomic mass is 16.2. The minimum atomic E-state index is -0.460. The smallest absolute Gasteiger partial charge is 0.240 e. The van der Waals surface area contributed by atoms with Gasteiger partial charge in [0.1, 0.15) is 6.29 Å². The molecule has 1 aromatic rings. The molecule has 0 atom stereocenters. The van der Waals surface area contributed by atoms with Crippen LogP contribution < -0.4 is 4.90 Å². The molecule has 2 amide bonds. The molecule has 1 aromatic carbocycles. The molecular weight excluding hydrogens is 254 g/mol. The van der Waals surface area contributed by atoms with E-state index in [-0.39, 0.29) is 11.8 Å². The number of aldehydes is 1. The van der Waals surface area contributed by atoms with E-state index < -0.39 is 5.41 Å². The Bertz CT molecular complexity index is 556. The summed E-state index contributed by atoms with van der Waals surface area (Å²) in [7, 11) is 0. The molecule has 1 saturated heterocycles. The SMILES string of the molecule is O=Cc1ccc(N2C(=O)CC3(CCCCC3)C2=O)cc1. The molecule has 0 radical (unpaired) electrons. The van der Waals surface area contributed by atoms with Gasteiger partial charge in [0.2, 0.25) is 11.8 Å². The van der Waals surface area contributed by atoms with Crippen molar-refractivity contribution in [2.75, 3.05) is 4.90 Å². The fourth-order valence-electron chi connectivity index (χ4n) is 3.38. The van der Waals surface area contributed by atoms with Crippen LogP contribution in [0.2, 0.25) is 0 Å². The Morgan fingerprint density at radius 2 is 1.65 bits per heavy atom. The molecular formula is C16H17NO3. The van der Waals surface area contributed by atoms with Crippen LogP contribution in [-0.4, -0.2) is 18.1 Å². The molecule has 104 valence electrons. The van der Waals surface area contributed by atoms with Crippen LogP contribution in [-0.2, 0) is 9.59 Å². The number of amides is 2. The van der Waals surface area contributed by atoms with Gasteiger partial charge in [-0.2, -0.15) is 0 Å². The first kappa shape index (κ1) is 13.0. The van der Waals surface area contributed by atoms with Crippen LogP contribution in [0.15, 0.2) is 24.3 Å². The van der Waals surface area contributed by atoms with Crippen molar-refractivity contribution in [1.29, 1.82) is 0 Å². The molecule has 3 rings (SSSR count). The molecule has 20 heavy (non-hydrogen) atoms. The Kier molecular flexibility index (Phi) is 3.16. The number of benzene rings is 1. The molecule has 1 aliphatic heterocycles. The van der Waals surface area contributed by atoms with Gasteiger partial charge in [0.05, 0.1) is 11.1 Å². The lowest BCUT2D eigenvalue weighted by molar-refractivity contribution is -0.127. The Morgan fingerprint density at radius 1 is 1.00 bits per heavy atom. The molecule has 0 unspecified atom stereocenters. The average Bonchev–Trinajstić information content (AvgIpc) is 2.71. The van der Waals surface area contributed by atoms with Crippen molar-refractivity contribution in [1.82, 2.24) is 0 Å². The maximum Gasteiger partial charge on any atom is 0.240 e. The van der Waals surface area contributed by atoms with Crippen LogP contribution in [0, 0.1) is 5.41 Å². The van der Waals surface area contributed by atoms with Crippen LogP contribution in [0.3, 0.4) is 0 Å². The van der Waals surface area contributed by atoms with Crippen molar-refractivity contribution in [2.24, 2.45) is 5.41 Å². The van der Waals surface area contributed by atoms with Gasteiger partial charge in [-0.05, 0) is 37.1 Å². The van der Waals surface area contributed by atoms with Crippen molar-refractivity contribution >= 4 is 23.8 Å². The fourth-order valence-corrected chi connectivity index (χ4v) is 3.38. The standard InChI is InChI=1S/C16H17NO3/c18-11-12-4-6-13(7-5-12)17-14(19)10-16(15(17)20)8-2-1-3-9-16/h4-7,11H,1-3,8-10H2. The zero-order valence-corrected chi connectivity index (χ0v) is 11.3. The summed E-state index contributed by atoms with van der Waals surface area (Å²) >= 11 is 0. The highest BCUT2D eigenvalue weighted by Gasteiger charge is 2.51. The van der Waals surface area contributed by atoms with E-state index in [1.165, 1.54) is 4.90 Å². The van der Waals surface area contributed by atoms with Crippen molar-refractivity contribution < 1.29 is 14.4 Å². The van der Waals surface area contributed by atoms with Crippen LogP contribution in [0.4, 0.5) is 5.69 Å². The number of imide groups is 1. The maximum atomic E-state index is 12.7. The molecule has 4 heteroatoms. The predicted octanol–water partition coefficient (Wildman–Crippen LogP) is 2.71. The highest BCUT2D eigenvalue weighted by Crippen LogP contribution is 2.46. The largest absolute Gasteiger partial charge is 0.298 e. The Labute approximate surface area is 117 Å². The van der Waals surface area contributed by atoms with Gasteiger partial charge in [0.15, 0.2) is 0 Å². The normalized spacial score (nSPS) is 21.5. The van der Waals surface area contributed by atoms with E-state index in [2.05, 4.69) is 0 Å². The maximum absolute atomic E-state index is 12.7. The number of nitrogens with zero attached hydrogens (tertiary/aromatic N) is 1. The quantitative estimate of drug-likeness (QED) is 0.614. The number of anilines is 1. The second-order valence-corrected chi connectivity index (χ2v) is 5.76. The highest BCUT2D eigenvalue weighted by molar-refractivity contribution is 6.22. The number of rotatable bonds is 2. The summed E-state index contributed by atoms with van der Waals surface area (Å²) in [5.41, 5.74) is 0.659. The summed E-state index contributed by atoms with van der Waals surface area (Å²) in [6.45, 7) is 0. The average molecular weight is 271 g/mol. The van der Waals surface area contributed by atoms with Crippen molar-refractivity contribution in [2.45, 2.75) is 38.5 Å². The van der Waals surface area contributed by atoms with Crippen molar-refractivity contribution in [3.63, 3.8) is 0 Å². The molecule has 0 N–H and O–H groups in total. The molecule has 1 heterocycles. The summed E-state index contributed by atoms with van der Waals surface area (Å²) in [4.78, 5) is 36.9. The molecule has 2 fully saturated rings. The van der Waals surface area contributed by atoms with Crippen LogP contribution in [0.1, 0.15) is 48.9 Å². The lowest BCUT2D eigenvalue weighted by atomic mass is 9.73. The Morgan fingerprint density at radius 3 is 2.25 bits per heavy atom. The minimum absolute atomic E-state index is 0.0546. The Balaban J connectivity index is 1.91. The number of hydrogen-bond donors (Lipinski definition) is 0. The van der Waals surface area contributed by atoms with E-state index in [9.17, 15) is 14.4 Å². The summed E-state index contributed by atoms with van der Waals surface area (Å²) in [6.07, 6.45) is 5.92. The summed E-state index contributed by atoms with van der Waals surface area (Å²) in [5, 5.41) is 0. The third-order valence-electron chi connectivity index (χ3n) is 4.49. The van der Waals surface area contributed by atoms with Gasteiger partial charge in [-0.3, -0.25) is 19.3 Å². The molecule has 4 nitrogen and oxygen atoms in total. The number of carbonyl (C=O) groups excluding carboxylic acids is 3. The topological polar surface area (TPSA) is 54.5 Å². The van der Waals surface area contributed by atoms with E-state index in [4.69, 9.17) is 0 Å². The van der Waals surface area contributed by atoms with E-state index in [1.54, 1.807) is 24.3 Å². The molecule has 0 bridgehead atoms. The minimum Gasteiger partial charge on any atom is -0.298 e. The van der Waals surface area contributed by atoms with Gasteiger partial charge in [-0.1, -0.05) is 19.3 Å². The van der Waals surface area contributed by atoms with Gasteiger partial charge in [-0.15, -0.1) is 0 Å². The van der Waals surface area contributed by atoms with Gasteiger partial charge >= 0.3 is 0 Å². The van der Waals surface area contributed by atoms with Crippen molar-refractivity contribution in [3.8, 4) is 0 Å². The third-order valence-corrected chi connectivity index (χ3v) is 4.49. The zero-order chi connectivity index (χ0) is 14.2. The molecule has 1 spiro atoms. The number of carbonyl (C=O) groups is 3. The van der Waals surface area contributed by atoms with Gasteiger partial charge in [0, 0.05) is 12.0 Å². The molecule has 1 saturated carbocycles. The second kappa shape index (κ2) is 4.85. The first-order chi connectivity index (χ1) is 9.66. The molecule has 2 aliphatic rings. The lowest BCUT2D eigenvalue weighted by Crippen LogP contribution is -2.36. The van der Waals surface area contributed by atoms with Gasteiger partial charge in [0.25, 0.3) is 0 Å². The Hall–Kier alpha value is -1.97. The van der Waals surface area contributed by atoms with Crippen LogP contribution in [0.25, 0.3) is 0 Å². The van der Waals surface area contributed by atoms with E-state index >= 15 is 0 Å². The first-order valence-electron chi connectivity index (χ1n) is 7.09. The fraction of sp³-hybridized carbons (Fsp3) is 0.438. The van der Waals surface area contributed by atoms with E-state index in [0.717, 1.165) is 38.4 Å². The van der Waals surface area contributed by atoms with E-state index in [0.29, 0.717) is 17.7 Å². The second-order valence-electron chi connectivity index (χ2n) is 5.76. The number of hydrogen-bond acceptors (Lipinski definition) is 3. The van der Waals surface area contributed by atoms with Gasteiger partial charge < -0.3 is 0 Å². The monoisotopic (exact) mass is 271 g/mol.